The summed E-state index contributed by atoms with van der Waals surface area (Å²) in [5, 5.41) is 0. The predicted molar refractivity (Wildman–Crippen MR) is 65.3 cm³/mol. The SMILES string of the molecule is C=C1CCN(CCC(=O)OC(C)(C)C)CC1. The Morgan fingerprint density at radius 1 is 1.38 bits per heavy atom. The van der Waals surface area contributed by atoms with Crippen molar-refractivity contribution in [3.05, 3.63) is 12.2 Å². The Labute approximate surface area is 98.5 Å². The van der Waals surface area contributed by atoms with Gasteiger partial charge in [0, 0.05) is 19.6 Å². The van der Waals surface area contributed by atoms with Gasteiger partial charge < -0.3 is 9.64 Å². The fourth-order valence-corrected chi connectivity index (χ4v) is 1.73. The van der Waals surface area contributed by atoms with Crippen LogP contribution in [-0.2, 0) is 9.53 Å². The second kappa shape index (κ2) is 5.48. The number of carbonyl (C=O) groups is 1. The summed E-state index contributed by atoms with van der Waals surface area (Å²) in [6.07, 6.45) is 2.62. The monoisotopic (exact) mass is 225 g/mol. The first-order valence-corrected chi connectivity index (χ1v) is 5.98. The van der Waals surface area contributed by atoms with Crippen LogP contribution in [0.15, 0.2) is 12.2 Å². The first kappa shape index (κ1) is 13.2. The van der Waals surface area contributed by atoms with Crippen LogP contribution in [0.3, 0.4) is 0 Å². The highest BCUT2D eigenvalue weighted by molar-refractivity contribution is 5.70. The van der Waals surface area contributed by atoms with Crippen molar-refractivity contribution in [2.24, 2.45) is 0 Å². The molecule has 1 rings (SSSR count). The van der Waals surface area contributed by atoms with Crippen molar-refractivity contribution < 1.29 is 9.53 Å². The molecule has 0 amide bonds. The Hall–Kier alpha value is -0.830. The summed E-state index contributed by atoms with van der Waals surface area (Å²) in [6, 6.07) is 0. The lowest BCUT2D eigenvalue weighted by Crippen LogP contribution is -2.33. The van der Waals surface area contributed by atoms with Crippen LogP contribution in [0, 0.1) is 0 Å². The highest BCUT2D eigenvalue weighted by Crippen LogP contribution is 2.14. The Bertz CT molecular complexity index is 256. The lowest BCUT2D eigenvalue weighted by molar-refractivity contribution is -0.155. The van der Waals surface area contributed by atoms with E-state index in [0.717, 1.165) is 32.5 Å². The molecule has 1 fully saturated rings. The summed E-state index contributed by atoms with van der Waals surface area (Å²) in [4.78, 5) is 13.8. The van der Waals surface area contributed by atoms with Crippen LogP contribution in [0.1, 0.15) is 40.0 Å². The molecule has 0 spiro atoms. The molecule has 0 aromatic carbocycles. The van der Waals surface area contributed by atoms with E-state index in [4.69, 9.17) is 4.74 Å². The molecule has 1 saturated heterocycles. The molecule has 3 heteroatoms. The van der Waals surface area contributed by atoms with Crippen LogP contribution >= 0.6 is 0 Å². The summed E-state index contributed by atoms with van der Waals surface area (Å²) in [6.45, 7) is 12.5. The number of nitrogens with zero attached hydrogens (tertiary/aromatic N) is 1. The molecule has 1 aliphatic heterocycles. The second-order valence-electron chi connectivity index (χ2n) is 5.43. The number of likely N-dealkylation sites (tertiary alicyclic amines) is 1. The van der Waals surface area contributed by atoms with Crippen molar-refractivity contribution in [3.8, 4) is 0 Å². The minimum absolute atomic E-state index is 0.100. The third kappa shape index (κ3) is 5.31. The van der Waals surface area contributed by atoms with E-state index in [1.165, 1.54) is 5.57 Å². The largest absolute Gasteiger partial charge is 0.460 e. The maximum atomic E-state index is 11.5. The lowest BCUT2D eigenvalue weighted by atomic mass is 10.1. The molecule has 0 atom stereocenters. The van der Waals surface area contributed by atoms with E-state index in [1.54, 1.807) is 0 Å². The van der Waals surface area contributed by atoms with Gasteiger partial charge in [0.25, 0.3) is 0 Å². The highest BCUT2D eigenvalue weighted by atomic mass is 16.6. The molecule has 0 aliphatic carbocycles. The molecule has 16 heavy (non-hydrogen) atoms. The smallest absolute Gasteiger partial charge is 0.307 e. The number of esters is 1. The normalized spacial score (nSPS) is 18.6. The van der Waals surface area contributed by atoms with Gasteiger partial charge in [-0.3, -0.25) is 4.79 Å². The predicted octanol–water partition coefficient (Wildman–Crippen LogP) is 2.37. The van der Waals surface area contributed by atoms with Gasteiger partial charge in [0.2, 0.25) is 0 Å². The van der Waals surface area contributed by atoms with Gasteiger partial charge in [-0.1, -0.05) is 12.2 Å². The standard InChI is InChI=1S/C13H23NO2/c1-11-5-8-14(9-6-11)10-7-12(15)16-13(2,3)4/h1,5-10H2,2-4H3. The summed E-state index contributed by atoms with van der Waals surface area (Å²) in [7, 11) is 0. The minimum atomic E-state index is -0.368. The second-order valence-corrected chi connectivity index (χ2v) is 5.43. The molecule has 3 nitrogen and oxygen atoms in total. The van der Waals surface area contributed by atoms with Crippen molar-refractivity contribution >= 4 is 5.97 Å². The molecule has 92 valence electrons. The first-order valence-electron chi connectivity index (χ1n) is 5.98. The van der Waals surface area contributed by atoms with Crippen LogP contribution in [-0.4, -0.2) is 36.1 Å². The minimum Gasteiger partial charge on any atom is -0.460 e. The Kier molecular flexibility index (Phi) is 4.54. The Balaban J connectivity index is 2.19. The summed E-state index contributed by atoms with van der Waals surface area (Å²) < 4.78 is 5.27. The molecule has 0 radical (unpaired) electrons. The lowest BCUT2D eigenvalue weighted by Gasteiger charge is -2.28. The zero-order chi connectivity index (χ0) is 12.2. The van der Waals surface area contributed by atoms with Crippen LogP contribution in [0.2, 0.25) is 0 Å². The summed E-state index contributed by atoms with van der Waals surface area (Å²) >= 11 is 0. The third-order valence-corrected chi connectivity index (χ3v) is 2.62. The third-order valence-electron chi connectivity index (χ3n) is 2.62. The van der Waals surface area contributed by atoms with E-state index < -0.39 is 0 Å². The van der Waals surface area contributed by atoms with Gasteiger partial charge in [-0.15, -0.1) is 0 Å². The highest BCUT2D eigenvalue weighted by Gasteiger charge is 2.18. The number of carbonyl (C=O) groups excluding carboxylic acids is 1. The zero-order valence-corrected chi connectivity index (χ0v) is 10.7. The zero-order valence-electron chi connectivity index (χ0n) is 10.7. The first-order chi connectivity index (χ1) is 7.37. The van der Waals surface area contributed by atoms with Gasteiger partial charge in [-0.25, -0.2) is 0 Å². The van der Waals surface area contributed by atoms with Crippen molar-refractivity contribution in [2.75, 3.05) is 19.6 Å². The van der Waals surface area contributed by atoms with Gasteiger partial charge >= 0.3 is 5.97 Å². The van der Waals surface area contributed by atoms with E-state index in [1.807, 2.05) is 20.8 Å². The average molecular weight is 225 g/mol. The van der Waals surface area contributed by atoms with Crippen molar-refractivity contribution in [1.82, 2.24) is 4.90 Å². The fraction of sp³-hybridized carbons (Fsp3) is 0.769. The van der Waals surface area contributed by atoms with Crippen molar-refractivity contribution in [2.45, 2.75) is 45.6 Å². The molecule has 0 aromatic heterocycles. The average Bonchev–Trinajstić information content (AvgIpc) is 2.14. The van der Waals surface area contributed by atoms with Gasteiger partial charge in [0.15, 0.2) is 0 Å². The molecular formula is C13H23NO2. The number of rotatable bonds is 3. The van der Waals surface area contributed by atoms with Crippen LogP contribution in [0.5, 0.6) is 0 Å². The van der Waals surface area contributed by atoms with Crippen LogP contribution in [0.25, 0.3) is 0 Å². The van der Waals surface area contributed by atoms with E-state index in [0.29, 0.717) is 6.42 Å². The molecule has 1 aliphatic rings. The molecule has 1 heterocycles. The Morgan fingerprint density at radius 2 is 1.94 bits per heavy atom. The topological polar surface area (TPSA) is 29.5 Å². The van der Waals surface area contributed by atoms with Crippen LogP contribution in [0.4, 0.5) is 0 Å². The summed E-state index contributed by atoms with van der Waals surface area (Å²) in [5.74, 6) is -0.100. The van der Waals surface area contributed by atoms with Gasteiger partial charge in [-0.2, -0.15) is 0 Å². The van der Waals surface area contributed by atoms with Gasteiger partial charge in [-0.05, 0) is 33.6 Å². The quantitative estimate of drug-likeness (QED) is 0.545. The van der Waals surface area contributed by atoms with Crippen molar-refractivity contribution in [1.29, 1.82) is 0 Å². The van der Waals surface area contributed by atoms with Crippen molar-refractivity contribution in [3.63, 3.8) is 0 Å². The van der Waals surface area contributed by atoms with E-state index >= 15 is 0 Å². The van der Waals surface area contributed by atoms with E-state index in [9.17, 15) is 4.79 Å². The molecule has 0 N–H and O–H groups in total. The van der Waals surface area contributed by atoms with E-state index in [-0.39, 0.29) is 11.6 Å². The maximum absolute atomic E-state index is 11.5. The molecule has 0 bridgehead atoms. The van der Waals surface area contributed by atoms with Gasteiger partial charge in [0.1, 0.15) is 5.60 Å². The van der Waals surface area contributed by atoms with Gasteiger partial charge in [0.05, 0.1) is 6.42 Å². The molecule has 0 aromatic rings. The number of hydrogen-bond acceptors (Lipinski definition) is 3. The molecule has 0 saturated carbocycles. The molecule has 0 unspecified atom stereocenters. The van der Waals surface area contributed by atoms with Crippen LogP contribution < -0.4 is 0 Å². The number of piperidine rings is 1. The maximum Gasteiger partial charge on any atom is 0.307 e. The molecular weight excluding hydrogens is 202 g/mol. The summed E-state index contributed by atoms with van der Waals surface area (Å²) in [5.41, 5.74) is 0.960. The number of ether oxygens (including phenoxy) is 1. The Morgan fingerprint density at radius 3 is 2.44 bits per heavy atom. The fourth-order valence-electron chi connectivity index (χ4n) is 1.73. The van der Waals surface area contributed by atoms with E-state index in [2.05, 4.69) is 11.5 Å². The number of hydrogen-bond donors (Lipinski definition) is 0.